The van der Waals surface area contributed by atoms with Crippen LogP contribution in [-0.2, 0) is 38.0 Å². The zero-order chi connectivity index (χ0) is 29.3. The highest BCUT2D eigenvalue weighted by atomic mass is 32.2. The lowest BCUT2D eigenvalue weighted by atomic mass is 9.73. The second kappa shape index (κ2) is 10.5. The molecule has 9 heteroatoms. The number of thioether (sulfide) groups is 1. The Morgan fingerprint density at radius 3 is 2.72 bits per heavy atom. The molecule has 1 saturated heterocycles. The highest BCUT2D eigenvalue weighted by Gasteiger charge is 2.58. The number of ether oxygens (including phenoxy) is 1. The van der Waals surface area contributed by atoms with E-state index in [4.69, 9.17) is 4.74 Å². The van der Waals surface area contributed by atoms with Gasteiger partial charge in [0.15, 0.2) is 0 Å². The van der Waals surface area contributed by atoms with Gasteiger partial charge in [-0.3, -0.25) is 24.5 Å². The first-order chi connectivity index (χ1) is 20.8. The Labute approximate surface area is 258 Å². The van der Waals surface area contributed by atoms with Gasteiger partial charge in [0.25, 0.3) is 5.91 Å². The standard InChI is InChI=1S/C34H34N2O5S2/c37-30-7-5-27(32(39)35-30)36-16-26-25(33(36)40)2-1-3-29(26)42-18-24-12-22-9-19(4-6-28(22)43-24)17-41-31(38)15-34-13-20-8-21(14-34)11-23(34)10-20/h1-4,6,9,12,20-21,23,27H,5,7-8,10-11,13-18H2,(H,35,37,39). The Hall–Kier alpha value is -3.17. The van der Waals surface area contributed by atoms with E-state index in [1.165, 1.54) is 41.7 Å². The number of imide groups is 1. The summed E-state index contributed by atoms with van der Waals surface area (Å²) in [6, 6.07) is 13.6. The third-order valence-electron chi connectivity index (χ3n) is 10.6. The molecule has 3 amide bonds. The molecule has 0 spiro atoms. The highest BCUT2D eigenvalue weighted by Crippen LogP contribution is 2.66. The van der Waals surface area contributed by atoms with Crippen molar-refractivity contribution in [2.75, 3.05) is 0 Å². The molecule has 1 aromatic heterocycles. The Balaban J connectivity index is 0.900. The van der Waals surface area contributed by atoms with Crippen LogP contribution in [0.1, 0.15) is 77.7 Å². The molecule has 9 rings (SSSR count). The summed E-state index contributed by atoms with van der Waals surface area (Å²) in [4.78, 5) is 53.9. The normalized spacial score (nSPS) is 29.0. The fraction of sp³-hybridized carbons (Fsp3) is 0.471. The number of hydrogen-bond donors (Lipinski definition) is 1. The van der Waals surface area contributed by atoms with Gasteiger partial charge in [-0.2, -0.15) is 0 Å². The number of carbonyl (C=O) groups excluding carboxylic acids is 4. The second-order valence-electron chi connectivity index (χ2n) is 13.3. The van der Waals surface area contributed by atoms with Gasteiger partial charge in [0.05, 0.1) is 6.42 Å². The summed E-state index contributed by atoms with van der Waals surface area (Å²) in [5.41, 5.74) is 2.83. The van der Waals surface area contributed by atoms with Crippen molar-refractivity contribution >= 4 is 56.9 Å². The largest absolute Gasteiger partial charge is 0.461 e. The average molecular weight is 615 g/mol. The molecule has 2 aliphatic heterocycles. The van der Waals surface area contributed by atoms with Gasteiger partial charge in [0, 0.05) is 38.8 Å². The maximum absolute atomic E-state index is 13.2. The van der Waals surface area contributed by atoms with E-state index in [-0.39, 0.29) is 29.6 Å². The fourth-order valence-electron chi connectivity index (χ4n) is 8.91. The van der Waals surface area contributed by atoms with Crippen LogP contribution in [0.3, 0.4) is 0 Å². The summed E-state index contributed by atoms with van der Waals surface area (Å²) in [7, 11) is 0. The monoisotopic (exact) mass is 614 g/mol. The van der Waals surface area contributed by atoms with Crippen LogP contribution < -0.4 is 5.32 Å². The minimum absolute atomic E-state index is 0.0410. The minimum Gasteiger partial charge on any atom is -0.461 e. The summed E-state index contributed by atoms with van der Waals surface area (Å²) >= 11 is 3.45. The summed E-state index contributed by atoms with van der Waals surface area (Å²) in [6.07, 6.45) is 7.68. The van der Waals surface area contributed by atoms with Crippen LogP contribution in [0.15, 0.2) is 47.4 Å². The number of fused-ring (bicyclic) bond motifs is 2. The molecule has 7 nitrogen and oxygen atoms in total. The smallest absolute Gasteiger partial charge is 0.306 e. The first-order valence-corrected chi connectivity index (χ1v) is 17.2. The summed E-state index contributed by atoms with van der Waals surface area (Å²) < 4.78 is 7.00. The van der Waals surface area contributed by atoms with E-state index in [1.807, 2.05) is 18.2 Å². The molecule has 3 unspecified atom stereocenters. The van der Waals surface area contributed by atoms with E-state index in [1.54, 1.807) is 28.0 Å². The molecule has 6 aliphatic rings. The van der Waals surface area contributed by atoms with Gasteiger partial charge >= 0.3 is 5.97 Å². The summed E-state index contributed by atoms with van der Waals surface area (Å²) in [5.74, 6) is 2.33. The lowest BCUT2D eigenvalue weighted by molar-refractivity contribution is -0.148. The molecule has 4 bridgehead atoms. The Morgan fingerprint density at radius 2 is 1.91 bits per heavy atom. The Morgan fingerprint density at radius 1 is 1.07 bits per heavy atom. The Bertz CT molecular complexity index is 1670. The van der Waals surface area contributed by atoms with Crippen molar-refractivity contribution in [3.05, 3.63) is 64.0 Å². The highest BCUT2D eigenvalue weighted by molar-refractivity contribution is 7.98. The van der Waals surface area contributed by atoms with Gasteiger partial charge in [-0.1, -0.05) is 12.1 Å². The van der Waals surface area contributed by atoms with Crippen LogP contribution >= 0.6 is 23.1 Å². The number of amides is 3. The van der Waals surface area contributed by atoms with Crippen LogP contribution in [0.5, 0.6) is 0 Å². The second-order valence-corrected chi connectivity index (χ2v) is 15.5. The maximum atomic E-state index is 13.2. The SMILES string of the molecule is O=C1CCC(N2Cc3c(SCc4cc5cc(COC(=O)CC67CC8CC(CC6C8)C7)ccc5s4)cccc3C2=O)C(=O)N1. The molecule has 222 valence electrons. The summed E-state index contributed by atoms with van der Waals surface area (Å²) in [6.45, 7) is 0.692. The van der Waals surface area contributed by atoms with Gasteiger partial charge < -0.3 is 9.64 Å². The number of hydrogen-bond acceptors (Lipinski definition) is 7. The molecule has 5 fully saturated rings. The van der Waals surface area contributed by atoms with Gasteiger partial charge in [0.2, 0.25) is 11.8 Å². The van der Waals surface area contributed by atoms with Crippen molar-refractivity contribution in [3.63, 3.8) is 0 Å². The van der Waals surface area contributed by atoms with Crippen LogP contribution in [-0.4, -0.2) is 34.6 Å². The van der Waals surface area contributed by atoms with Crippen LogP contribution in [0.25, 0.3) is 10.1 Å². The first-order valence-electron chi connectivity index (χ1n) is 15.4. The molecule has 4 saturated carbocycles. The fourth-order valence-corrected chi connectivity index (χ4v) is 11.1. The summed E-state index contributed by atoms with van der Waals surface area (Å²) in [5, 5.41) is 3.52. The topological polar surface area (TPSA) is 92.8 Å². The van der Waals surface area contributed by atoms with Crippen molar-refractivity contribution in [1.29, 1.82) is 0 Å². The average Bonchev–Trinajstić information content (AvgIpc) is 3.67. The quantitative estimate of drug-likeness (QED) is 0.184. The molecule has 43 heavy (non-hydrogen) atoms. The third kappa shape index (κ3) is 4.89. The lowest BCUT2D eigenvalue weighted by Gasteiger charge is -2.31. The predicted octanol–water partition coefficient (Wildman–Crippen LogP) is 6.21. The van der Waals surface area contributed by atoms with Crippen molar-refractivity contribution in [2.24, 2.45) is 23.2 Å². The van der Waals surface area contributed by atoms with E-state index in [0.717, 1.165) is 44.9 Å². The molecule has 0 radical (unpaired) electrons. The number of carbonyl (C=O) groups is 4. The molecule has 4 aliphatic carbocycles. The van der Waals surface area contributed by atoms with Gasteiger partial charge in [0.1, 0.15) is 12.6 Å². The predicted molar refractivity (Wildman–Crippen MR) is 164 cm³/mol. The van der Waals surface area contributed by atoms with Gasteiger partial charge in [-0.05, 0) is 109 Å². The van der Waals surface area contributed by atoms with Crippen molar-refractivity contribution in [2.45, 2.75) is 81.2 Å². The zero-order valence-corrected chi connectivity index (χ0v) is 25.6. The Kier molecular flexibility index (Phi) is 6.67. The molecule has 3 heterocycles. The number of nitrogens with zero attached hydrogens (tertiary/aromatic N) is 1. The van der Waals surface area contributed by atoms with E-state index >= 15 is 0 Å². The molecular formula is C34H34N2O5S2. The maximum Gasteiger partial charge on any atom is 0.306 e. The van der Waals surface area contributed by atoms with Crippen LogP contribution in [0.2, 0.25) is 0 Å². The number of benzene rings is 2. The number of thiophene rings is 1. The first kappa shape index (κ1) is 27.4. The number of rotatable bonds is 8. The van der Waals surface area contributed by atoms with Crippen LogP contribution in [0, 0.1) is 23.2 Å². The number of esters is 1. The van der Waals surface area contributed by atoms with E-state index in [9.17, 15) is 19.2 Å². The molecule has 1 N–H and O–H groups in total. The molecule has 3 aromatic rings. The van der Waals surface area contributed by atoms with Crippen molar-refractivity contribution < 1.29 is 23.9 Å². The number of piperidine rings is 1. The van der Waals surface area contributed by atoms with Crippen LogP contribution in [0.4, 0.5) is 0 Å². The molecule has 3 atom stereocenters. The zero-order valence-electron chi connectivity index (χ0n) is 23.9. The molecule has 2 aromatic carbocycles. The van der Waals surface area contributed by atoms with E-state index in [0.29, 0.717) is 31.6 Å². The van der Waals surface area contributed by atoms with E-state index < -0.39 is 11.9 Å². The van der Waals surface area contributed by atoms with Crippen molar-refractivity contribution in [1.82, 2.24) is 10.2 Å². The molecular weight excluding hydrogens is 581 g/mol. The number of nitrogens with one attached hydrogen (secondary N) is 1. The van der Waals surface area contributed by atoms with E-state index in [2.05, 4.69) is 29.6 Å². The van der Waals surface area contributed by atoms with Crippen molar-refractivity contribution in [3.8, 4) is 0 Å². The minimum atomic E-state index is -0.612. The lowest BCUT2D eigenvalue weighted by Crippen LogP contribution is -2.52. The third-order valence-corrected chi connectivity index (χ3v) is 13.0. The van der Waals surface area contributed by atoms with Gasteiger partial charge in [-0.25, -0.2) is 0 Å². The van der Waals surface area contributed by atoms with Gasteiger partial charge in [-0.15, -0.1) is 23.1 Å².